The van der Waals surface area contributed by atoms with Crippen LogP contribution in [0.5, 0.6) is 0 Å². The number of rotatable bonds is 4. The fourth-order valence-electron chi connectivity index (χ4n) is 2.73. The fraction of sp³-hybridized carbons (Fsp3) is 0.353. The lowest BCUT2D eigenvalue weighted by atomic mass is 10.2. The lowest BCUT2D eigenvalue weighted by Gasteiger charge is -2.21. The smallest absolute Gasteiger partial charge is 0.258 e. The van der Waals surface area contributed by atoms with E-state index in [0.717, 1.165) is 38.1 Å². The zero-order valence-electron chi connectivity index (χ0n) is 14.1. The molecule has 1 aromatic carbocycles. The Labute approximate surface area is 144 Å². The Morgan fingerprint density at radius 3 is 2.60 bits per heavy atom. The summed E-state index contributed by atoms with van der Waals surface area (Å²) in [5.74, 6) is -1.21. The van der Waals surface area contributed by atoms with Crippen LogP contribution >= 0.6 is 0 Å². The first-order valence-corrected chi connectivity index (χ1v) is 8.01. The molecule has 2 aromatic rings. The molecule has 6 nitrogen and oxygen atoms in total. The van der Waals surface area contributed by atoms with E-state index in [4.69, 9.17) is 0 Å². The summed E-state index contributed by atoms with van der Waals surface area (Å²) < 4.78 is 26.8. The van der Waals surface area contributed by atoms with E-state index in [9.17, 15) is 13.6 Å². The maximum absolute atomic E-state index is 13.8. The van der Waals surface area contributed by atoms with Crippen molar-refractivity contribution < 1.29 is 13.6 Å². The number of amides is 1. The normalized spacial score (nSPS) is 13.8. The molecule has 1 N–H and O–H groups in total. The highest BCUT2D eigenvalue weighted by molar-refractivity contribution is 6.05. The number of aromatic nitrogens is 2. The molecule has 1 amide bonds. The quantitative estimate of drug-likeness (QED) is 0.921. The average molecular weight is 347 g/mol. The number of nitrogens with zero attached hydrogens (tertiary/aromatic N) is 4. The Kier molecular flexibility index (Phi) is 4.78. The molecule has 0 atom stereocenters. The van der Waals surface area contributed by atoms with Gasteiger partial charge in [-0.2, -0.15) is 4.98 Å². The Morgan fingerprint density at radius 1 is 1.24 bits per heavy atom. The van der Waals surface area contributed by atoms with Gasteiger partial charge in [0.2, 0.25) is 5.95 Å². The van der Waals surface area contributed by atoms with E-state index in [1.165, 1.54) is 6.20 Å². The predicted octanol–water partition coefficient (Wildman–Crippen LogP) is 2.67. The van der Waals surface area contributed by atoms with Crippen molar-refractivity contribution >= 4 is 23.4 Å². The highest BCUT2D eigenvalue weighted by atomic mass is 19.1. The molecule has 1 fully saturated rings. The van der Waals surface area contributed by atoms with Gasteiger partial charge in [0.05, 0.1) is 11.8 Å². The molecule has 132 valence electrons. The SMILES string of the molecule is CN(C)c1nc(N2CCCC2)ncc1NC(=O)c1ccc(F)cc1F. The van der Waals surface area contributed by atoms with Gasteiger partial charge in [0.25, 0.3) is 5.91 Å². The monoisotopic (exact) mass is 347 g/mol. The maximum atomic E-state index is 13.8. The second kappa shape index (κ2) is 7.00. The predicted molar refractivity (Wildman–Crippen MR) is 92.1 cm³/mol. The zero-order valence-corrected chi connectivity index (χ0v) is 14.1. The molecule has 1 aliphatic rings. The molecular formula is C17H19F2N5O. The number of nitrogens with one attached hydrogen (secondary N) is 1. The summed E-state index contributed by atoms with van der Waals surface area (Å²) in [5, 5.41) is 2.60. The van der Waals surface area contributed by atoms with Crippen LogP contribution in [-0.4, -0.2) is 43.1 Å². The molecule has 0 aliphatic carbocycles. The molecule has 2 heterocycles. The standard InChI is InChI=1S/C17H19F2N5O/c1-23(2)15-14(10-20-17(22-15)24-7-3-4-8-24)21-16(25)12-6-5-11(18)9-13(12)19/h5-6,9-10H,3-4,7-8H2,1-2H3,(H,21,25). The van der Waals surface area contributed by atoms with Crippen LogP contribution in [0.2, 0.25) is 0 Å². The number of benzene rings is 1. The van der Waals surface area contributed by atoms with Crippen molar-refractivity contribution in [3.05, 3.63) is 41.6 Å². The summed E-state index contributed by atoms with van der Waals surface area (Å²) in [6.45, 7) is 1.80. The average Bonchev–Trinajstić information content (AvgIpc) is 3.09. The van der Waals surface area contributed by atoms with Gasteiger partial charge >= 0.3 is 0 Å². The summed E-state index contributed by atoms with van der Waals surface area (Å²) in [7, 11) is 3.59. The van der Waals surface area contributed by atoms with Gasteiger partial charge in [0.15, 0.2) is 5.82 Å². The van der Waals surface area contributed by atoms with Crippen LogP contribution in [0.25, 0.3) is 0 Å². The summed E-state index contributed by atoms with van der Waals surface area (Å²) in [6, 6.07) is 2.82. The second-order valence-corrected chi connectivity index (χ2v) is 6.07. The van der Waals surface area contributed by atoms with Crippen LogP contribution in [0, 0.1) is 11.6 Å². The van der Waals surface area contributed by atoms with E-state index in [0.29, 0.717) is 23.5 Å². The van der Waals surface area contributed by atoms with Gasteiger partial charge in [-0.25, -0.2) is 13.8 Å². The van der Waals surface area contributed by atoms with Crippen molar-refractivity contribution in [3.63, 3.8) is 0 Å². The summed E-state index contributed by atoms with van der Waals surface area (Å²) in [6.07, 6.45) is 3.71. The number of hydrogen-bond donors (Lipinski definition) is 1. The molecule has 0 radical (unpaired) electrons. The van der Waals surface area contributed by atoms with Crippen molar-refractivity contribution in [2.24, 2.45) is 0 Å². The molecule has 0 bridgehead atoms. The Balaban J connectivity index is 1.87. The topological polar surface area (TPSA) is 61.4 Å². The maximum Gasteiger partial charge on any atom is 0.258 e. The number of halogens is 2. The van der Waals surface area contributed by atoms with Crippen molar-refractivity contribution in [1.82, 2.24) is 9.97 Å². The van der Waals surface area contributed by atoms with Gasteiger partial charge in [0.1, 0.15) is 17.3 Å². The second-order valence-electron chi connectivity index (χ2n) is 6.07. The largest absolute Gasteiger partial charge is 0.361 e. The van der Waals surface area contributed by atoms with Gasteiger partial charge in [-0.15, -0.1) is 0 Å². The van der Waals surface area contributed by atoms with E-state index in [2.05, 4.69) is 20.2 Å². The van der Waals surface area contributed by atoms with E-state index < -0.39 is 17.5 Å². The first kappa shape index (κ1) is 17.1. The van der Waals surface area contributed by atoms with Gasteiger partial charge in [-0.3, -0.25) is 4.79 Å². The summed E-state index contributed by atoms with van der Waals surface area (Å²) in [4.78, 5) is 25.0. The third-order valence-corrected chi connectivity index (χ3v) is 3.99. The molecular weight excluding hydrogens is 328 g/mol. The van der Waals surface area contributed by atoms with Crippen LogP contribution in [0.1, 0.15) is 23.2 Å². The lowest BCUT2D eigenvalue weighted by Crippen LogP contribution is -2.24. The zero-order chi connectivity index (χ0) is 18.0. The van der Waals surface area contributed by atoms with Crippen molar-refractivity contribution in [2.75, 3.05) is 42.3 Å². The highest BCUT2D eigenvalue weighted by Gasteiger charge is 2.20. The van der Waals surface area contributed by atoms with Gasteiger partial charge in [0, 0.05) is 33.3 Å². The van der Waals surface area contributed by atoms with Gasteiger partial charge in [-0.1, -0.05) is 0 Å². The third kappa shape index (κ3) is 3.67. The number of carbonyl (C=O) groups is 1. The van der Waals surface area contributed by atoms with E-state index >= 15 is 0 Å². The molecule has 0 saturated carbocycles. The molecule has 25 heavy (non-hydrogen) atoms. The first-order valence-electron chi connectivity index (χ1n) is 8.01. The summed E-state index contributed by atoms with van der Waals surface area (Å²) >= 11 is 0. The van der Waals surface area contributed by atoms with Gasteiger partial charge < -0.3 is 15.1 Å². The molecule has 0 unspecified atom stereocenters. The first-order chi connectivity index (χ1) is 12.0. The van der Waals surface area contributed by atoms with Crippen molar-refractivity contribution in [2.45, 2.75) is 12.8 Å². The van der Waals surface area contributed by atoms with Crippen LogP contribution in [0.3, 0.4) is 0 Å². The van der Waals surface area contributed by atoms with Crippen LogP contribution in [0.4, 0.5) is 26.2 Å². The Bertz CT molecular complexity index is 791. The van der Waals surface area contributed by atoms with E-state index in [1.807, 2.05) is 0 Å². The van der Waals surface area contributed by atoms with Crippen LogP contribution < -0.4 is 15.1 Å². The molecule has 0 spiro atoms. The van der Waals surface area contributed by atoms with E-state index in [1.54, 1.807) is 19.0 Å². The third-order valence-electron chi connectivity index (χ3n) is 3.99. The highest BCUT2D eigenvalue weighted by Crippen LogP contribution is 2.26. The molecule has 1 aliphatic heterocycles. The molecule has 1 aromatic heterocycles. The number of carbonyl (C=O) groups excluding carboxylic acids is 1. The van der Waals surface area contributed by atoms with Crippen LogP contribution in [-0.2, 0) is 0 Å². The van der Waals surface area contributed by atoms with Crippen LogP contribution in [0.15, 0.2) is 24.4 Å². The minimum absolute atomic E-state index is 0.241. The molecule has 3 rings (SSSR count). The number of anilines is 3. The lowest BCUT2D eigenvalue weighted by molar-refractivity contribution is 0.102. The van der Waals surface area contributed by atoms with Crippen molar-refractivity contribution in [3.8, 4) is 0 Å². The Morgan fingerprint density at radius 2 is 1.96 bits per heavy atom. The number of hydrogen-bond acceptors (Lipinski definition) is 5. The van der Waals surface area contributed by atoms with E-state index in [-0.39, 0.29) is 5.56 Å². The minimum atomic E-state index is -0.918. The minimum Gasteiger partial charge on any atom is -0.361 e. The summed E-state index contributed by atoms with van der Waals surface area (Å²) in [5.41, 5.74) is 0.122. The Hall–Kier alpha value is -2.77. The fourth-order valence-corrected chi connectivity index (χ4v) is 2.73. The van der Waals surface area contributed by atoms with Crippen molar-refractivity contribution in [1.29, 1.82) is 0 Å². The molecule has 1 saturated heterocycles. The molecule has 8 heteroatoms. The van der Waals surface area contributed by atoms with Gasteiger partial charge in [-0.05, 0) is 25.0 Å².